The number of unbranched alkanes of at least 4 members (excludes halogenated alkanes) is 1. The molecule has 0 radical (unpaired) electrons. The van der Waals surface area contributed by atoms with Crippen molar-refractivity contribution in [2.24, 2.45) is 5.92 Å². The highest BCUT2D eigenvalue weighted by atomic mass is 15.2. The van der Waals surface area contributed by atoms with Crippen LogP contribution in [0, 0.1) is 11.3 Å². The molecule has 0 aliphatic heterocycles. The molecule has 82 valence electrons. The predicted octanol–water partition coefficient (Wildman–Crippen LogP) is 3.28. The molecule has 0 unspecified atom stereocenters. The lowest BCUT2D eigenvalue weighted by atomic mass is 10.1. The minimum atomic E-state index is 0.576. The van der Waals surface area contributed by atoms with Crippen molar-refractivity contribution in [3.8, 4) is 0 Å². The topological polar surface area (TPSA) is 27.1 Å². The lowest BCUT2D eigenvalue weighted by molar-refractivity contribution is 0.398. The highest BCUT2D eigenvalue weighted by Crippen LogP contribution is 2.26. The molecule has 14 heavy (non-hydrogen) atoms. The maximum atomic E-state index is 8.15. The van der Waals surface area contributed by atoms with E-state index in [1.54, 1.807) is 0 Å². The van der Waals surface area contributed by atoms with Gasteiger partial charge in [-0.05, 0) is 26.2 Å². The van der Waals surface area contributed by atoms with Gasteiger partial charge in [-0.25, -0.2) is 0 Å². The van der Waals surface area contributed by atoms with Crippen molar-refractivity contribution in [2.75, 3.05) is 13.1 Å². The van der Waals surface area contributed by atoms with Crippen LogP contribution < -0.4 is 0 Å². The van der Waals surface area contributed by atoms with Crippen LogP contribution in [-0.4, -0.2) is 23.8 Å². The second-order valence-corrected chi connectivity index (χ2v) is 4.30. The summed E-state index contributed by atoms with van der Waals surface area (Å²) in [6.45, 7) is 6.48. The largest absolute Gasteiger partial charge is 0.361 e. The van der Waals surface area contributed by atoms with Crippen molar-refractivity contribution in [3.05, 3.63) is 0 Å². The number of amidine groups is 1. The summed E-state index contributed by atoms with van der Waals surface area (Å²) < 4.78 is 0. The summed E-state index contributed by atoms with van der Waals surface area (Å²) in [5.41, 5.74) is 0. The Morgan fingerprint density at radius 3 is 2.43 bits per heavy atom. The monoisotopic (exact) mass is 196 g/mol. The van der Waals surface area contributed by atoms with Crippen LogP contribution in [0.25, 0.3) is 0 Å². The third-order valence-corrected chi connectivity index (χ3v) is 3.25. The highest BCUT2D eigenvalue weighted by molar-refractivity contribution is 5.81. The minimum Gasteiger partial charge on any atom is -0.361 e. The smallest absolute Gasteiger partial charge is 0.0989 e. The summed E-state index contributed by atoms with van der Waals surface area (Å²) in [5.74, 6) is 1.49. The minimum absolute atomic E-state index is 0.576. The molecule has 1 N–H and O–H groups in total. The number of nitrogens with one attached hydrogen (secondary N) is 1. The van der Waals surface area contributed by atoms with Crippen LogP contribution in [0.5, 0.6) is 0 Å². The van der Waals surface area contributed by atoms with E-state index in [1.807, 2.05) is 0 Å². The van der Waals surface area contributed by atoms with Gasteiger partial charge in [-0.15, -0.1) is 0 Å². The van der Waals surface area contributed by atoms with Gasteiger partial charge in [0.25, 0.3) is 0 Å². The van der Waals surface area contributed by atoms with E-state index < -0.39 is 0 Å². The van der Waals surface area contributed by atoms with E-state index in [4.69, 9.17) is 5.41 Å². The van der Waals surface area contributed by atoms with Crippen LogP contribution in [0.2, 0.25) is 0 Å². The molecule has 0 aromatic heterocycles. The Balaban J connectivity index is 2.37. The number of hydrogen-bond donors (Lipinski definition) is 1. The molecular weight excluding hydrogens is 172 g/mol. The number of hydrogen-bond acceptors (Lipinski definition) is 1. The SMILES string of the molecule is CCCCN(CC)C(=N)C1CCCC1. The van der Waals surface area contributed by atoms with Gasteiger partial charge < -0.3 is 4.90 Å². The van der Waals surface area contributed by atoms with Crippen LogP contribution in [0.3, 0.4) is 0 Å². The van der Waals surface area contributed by atoms with E-state index in [9.17, 15) is 0 Å². The van der Waals surface area contributed by atoms with Crippen molar-refractivity contribution < 1.29 is 0 Å². The van der Waals surface area contributed by atoms with Crippen molar-refractivity contribution >= 4 is 5.84 Å². The molecule has 1 aliphatic carbocycles. The Morgan fingerprint density at radius 2 is 1.93 bits per heavy atom. The van der Waals surface area contributed by atoms with Gasteiger partial charge in [-0.3, -0.25) is 5.41 Å². The molecule has 0 spiro atoms. The Bertz CT molecular complexity index is 171. The predicted molar refractivity (Wildman–Crippen MR) is 61.8 cm³/mol. The quantitative estimate of drug-likeness (QED) is 0.530. The van der Waals surface area contributed by atoms with Gasteiger partial charge in [0.05, 0.1) is 5.84 Å². The Labute approximate surface area is 88.2 Å². The maximum Gasteiger partial charge on any atom is 0.0989 e. The average Bonchev–Trinajstić information content (AvgIpc) is 2.71. The fourth-order valence-electron chi connectivity index (χ4n) is 2.26. The first-order valence-electron chi connectivity index (χ1n) is 6.13. The van der Waals surface area contributed by atoms with E-state index in [0.717, 1.165) is 18.9 Å². The molecule has 1 aliphatic rings. The first-order valence-corrected chi connectivity index (χ1v) is 6.13. The van der Waals surface area contributed by atoms with Crippen molar-refractivity contribution in [2.45, 2.75) is 52.4 Å². The van der Waals surface area contributed by atoms with Crippen LogP contribution in [0.15, 0.2) is 0 Å². The third-order valence-electron chi connectivity index (χ3n) is 3.25. The highest BCUT2D eigenvalue weighted by Gasteiger charge is 2.22. The number of rotatable bonds is 5. The zero-order valence-corrected chi connectivity index (χ0v) is 9.68. The zero-order chi connectivity index (χ0) is 10.4. The summed E-state index contributed by atoms with van der Waals surface area (Å²) in [6, 6.07) is 0. The van der Waals surface area contributed by atoms with Gasteiger partial charge in [-0.1, -0.05) is 26.2 Å². The van der Waals surface area contributed by atoms with E-state index in [-0.39, 0.29) is 0 Å². The zero-order valence-electron chi connectivity index (χ0n) is 9.68. The first kappa shape index (κ1) is 11.5. The molecule has 1 fully saturated rings. The summed E-state index contributed by atoms with van der Waals surface area (Å²) in [6.07, 6.45) is 7.62. The summed E-state index contributed by atoms with van der Waals surface area (Å²) in [7, 11) is 0. The van der Waals surface area contributed by atoms with E-state index in [2.05, 4.69) is 18.7 Å². The Hall–Kier alpha value is -0.530. The van der Waals surface area contributed by atoms with Crippen LogP contribution in [-0.2, 0) is 0 Å². The summed E-state index contributed by atoms with van der Waals surface area (Å²) in [4.78, 5) is 2.26. The Kier molecular flexibility index (Phi) is 4.99. The molecule has 1 saturated carbocycles. The van der Waals surface area contributed by atoms with Crippen LogP contribution >= 0.6 is 0 Å². The van der Waals surface area contributed by atoms with Gasteiger partial charge in [0.2, 0.25) is 0 Å². The second-order valence-electron chi connectivity index (χ2n) is 4.30. The third kappa shape index (κ3) is 3.00. The molecule has 2 nitrogen and oxygen atoms in total. The molecule has 1 rings (SSSR count). The normalized spacial score (nSPS) is 17.3. The standard InChI is InChI=1S/C12H24N2/c1-3-5-10-14(4-2)12(13)11-8-6-7-9-11/h11,13H,3-10H2,1-2H3. The molecular formula is C12H24N2. The molecule has 2 heteroatoms. The second kappa shape index (κ2) is 6.05. The van der Waals surface area contributed by atoms with Gasteiger partial charge in [0.15, 0.2) is 0 Å². The van der Waals surface area contributed by atoms with Crippen molar-refractivity contribution in [1.82, 2.24) is 4.90 Å². The first-order chi connectivity index (χ1) is 6.79. The lowest BCUT2D eigenvalue weighted by Crippen LogP contribution is -2.35. The van der Waals surface area contributed by atoms with Crippen LogP contribution in [0.1, 0.15) is 52.4 Å². The lowest BCUT2D eigenvalue weighted by Gasteiger charge is -2.27. The molecule has 0 atom stereocenters. The molecule has 0 aromatic carbocycles. The Morgan fingerprint density at radius 1 is 1.29 bits per heavy atom. The average molecular weight is 196 g/mol. The molecule has 0 amide bonds. The summed E-state index contributed by atoms with van der Waals surface area (Å²) in [5, 5.41) is 8.15. The molecule has 0 saturated heterocycles. The fraction of sp³-hybridized carbons (Fsp3) is 0.917. The molecule has 0 heterocycles. The number of nitrogens with zero attached hydrogens (tertiary/aromatic N) is 1. The van der Waals surface area contributed by atoms with Gasteiger partial charge in [-0.2, -0.15) is 0 Å². The van der Waals surface area contributed by atoms with E-state index in [1.165, 1.54) is 38.5 Å². The fourth-order valence-corrected chi connectivity index (χ4v) is 2.26. The van der Waals surface area contributed by atoms with Gasteiger partial charge in [0.1, 0.15) is 0 Å². The van der Waals surface area contributed by atoms with Gasteiger partial charge >= 0.3 is 0 Å². The van der Waals surface area contributed by atoms with Crippen molar-refractivity contribution in [3.63, 3.8) is 0 Å². The molecule has 0 bridgehead atoms. The van der Waals surface area contributed by atoms with E-state index >= 15 is 0 Å². The summed E-state index contributed by atoms with van der Waals surface area (Å²) >= 11 is 0. The van der Waals surface area contributed by atoms with E-state index in [0.29, 0.717) is 5.92 Å². The van der Waals surface area contributed by atoms with Crippen LogP contribution in [0.4, 0.5) is 0 Å². The maximum absolute atomic E-state index is 8.15. The van der Waals surface area contributed by atoms with Gasteiger partial charge in [0, 0.05) is 19.0 Å². The van der Waals surface area contributed by atoms with Crippen molar-refractivity contribution in [1.29, 1.82) is 5.41 Å². The molecule has 0 aromatic rings.